The van der Waals surface area contributed by atoms with Crippen LogP contribution in [-0.2, 0) is 0 Å². The molecule has 0 aliphatic rings. The Hall–Kier alpha value is -3.12. The molecule has 3 heteroatoms. The summed E-state index contributed by atoms with van der Waals surface area (Å²) < 4.78 is 1.60. The predicted molar refractivity (Wildman–Crippen MR) is 86.9 cm³/mol. The van der Waals surface area contributed by atoms with Crippen molar-refractivity contribution in [2.24, 2.45) is 0 Å². The molecule has 0 atom stereocenters. The van der Waals surface area contributed by atoms with Crippen LogP contribution in [0.1, 0.15) is 11.1 Å². The number of hydrogen-bond donors (Lipinski definition) is 0. The highest BCUT2D eigenvalue weighted by molar-refractivity contribution is 5.63. The van der Waals surface area contributed by atoms with Gasteiger partial charge >= 0.3 is 0 Å². The minimum absolute atomic E-state index is 0.140. The van der Waals surface area contributed by atoms with Crippen LogP contribution in [0, 0.1) is 18.3 Å². The molecule has 0 saturated carbocycles. The van der Waals surface area contributed by atoms with Gasteiger partial charge in [0.25, 0.3) is 5.56 Å². The molecule has 1 heterocycles. The zero-order valence-corrected chi connectivity index (χ0v) is 12.2. The van der Waals surface area contributed by atoms with E-state index in [2.05, 4.69) is 0 Å². The molecule has 0 radical (unpaired) electrons. The van der Waals surface area contributed by atoms with E-state index < -0.39 is 0 Å². The zero-order valence-electron chi connectivity index (χ0n) is 12.2. The fourth-order valence-corrected chi connectivity index (χ4v) is 2.48. The van der Waals surface area contributed by atoms with Crippen molar-refractivity contribution in [3.05, 3.63) is 88.2 Å². The molecular formula is C19H14N2O. The summed E-state index contributed by atoms with van der Waals surface area (Å²) in [5, 5.41) is 9.14. The fourth-order valence-electron chi connectivity index (χ4n) is 2.48. The van der Waals surface area contributed by atoms with E-state index in [1.807, 2.05) is 73.7 Å². The third kappa shape index (κ3) is 2.43. The van der Waals surface area contributed by atoms with E-state index in [-0.39, 0.29) is 11.1 Å². The van der Waals surface area contributed by atoms with E-state index >= 15 is 0 Å². The Morgan fingerprint density at radius 2 is 1.73 bits per heavy atom. The van der Waals surface area contributed by atoms with Gasteiger partial charge in [0.2, 0.25) is 0 Å². The molecule has 2 aromatic carbocycles. The van der Waals surface area contributed by atoms with Crippen molar-refractivity contribution in [2.45, 2.75) is 6.92 Å². The van der Waals surface area contributed by atoms with E-state index in [0.717, 1.165) is 22.5 Å². The van der Waals surface area contributed by atoms with Crippen LogP contribution in [0.2, 0.25) is 0 Å². The topological polar surface area (TPSA) is 45.8 Å². The fraction of sp³-hybridized carbons (Fsp3) is 0.0526. The number of aromatic nitrogens is 1. The third-order valence-corrected chi connectivity index (χ3v) is 3.53. The lowest BCUT2D eigenvalue weighted by molar-refractivity contribution is 0.989. The van der Waals surface area contributed by atoms with E-state index in [1.165, 1.54) is 0 Å². The van der Waals surface area contributed by atoms with Crippen LogP contribution < -0.4 is 5.56 Å². The molecule has 0 aliphatic carbocycles. The van der Waals surface area contributed by atoms with Gasteiger partial charge in [0.15, 0.2) is 0 Å². The van der Waals surface area contributed by atoms with Gasteiger partial charge in [-0.15, -0.1) is 0 Å². The molecule has 22 heavy (non-hydrogen) atoms. The Morgan fingerprint density at radius 3 is 2.41 bits per heavy atom. The van der Waals surface area contributed by atoms with Crippen molar-refractivity contribution in [3.63, 3.8) is 0 Å². The van der Waals surface area contributed by atoms with Crippen LogP contribution in [0.4, 0.5) is 0 Å². The van der Waals surface area contributed by atoms with Crippen LogP contribution >= 0.6 is 0 Å². The van der Waals surface area contributed by atoms with Gasteiger partial charge < -0.3 is 0 Å². The van der Waals surface area contributed by atoms with Crippen LogP contribution in [0.3, 0.4) is 0 Å². The van der Waals surface area contributed by atoms with Gasteiger partial charge in [-0.05, 0) is 42.3 Å². The predicted octanol–water partition coefficient (Wildman–Crippen LogP) is 3.68. The maximum atomic E-state index is 12.6. The van der Waals surface area contributed by atoms with E-state index in [9.17, 15) is 4.79 Å². The van der Waals surface area contributed by atoms with Gasteiger partial charge in [-0.2, -0.15) is 5.26 Å². The molecule has 0 unspecified atom stereocenters. The lowest BCUT2D eigenvalue weighted by atomic mass is 10.1. The summed E-state index contributed by atoms with van der Waals surface area (Å²) in [6, 6.07) is 22.8. The molecule has 0 aliphatic heterocycles. The second-order valence-electron chi connectivity index (χ2n) is 5.09. The summed E-state index contributed by atoms with van der Waals surface area (Å²) in [6.07, 6.45) is 0. The number of rotatable bonds is 2. The monoisotopic (exact) mass is 286 g/mol. The van der Waals surface area contributed by atoms with Gasteiger partial charge in [-0.25, -0.2) is 0 Å². The lowest BCUT2D eigenvalue weighted by Gasteiger charge is -2.14. The number of pyridine rings is 1. The smallest absolute Gasteiger partial charge is 0.273 e. The molecular weight excluding hydrogens is 272 g/mol. The maximum absolute atomic E-state index is 12.6. The van der Waals surface area contributed by atoms with E-state index in [1.54, 1.807) is 10.6 Å². The van der Waals surface area contributed by atoms with Crippen molar-refractivity contribution in [1.82, 2.24) is 4.57 Å². The Balaban J connectivity index is 2.36. The van der Waals surface area contributed by atoms with Gasteiger partial charge in [-0.1, -0.05) is 42.5 Å². The highest BCUT2D eigenvalue weighted by Crippen LogP contribution is 2.21. The molecule has 3 aromatic rings. The minimum Gasteiger partial charge on any atom is -0.276 e. The molecule has 0 saturated heterocycles. The third-order valence-electron chi connectivity index (χ3n) is 3.53. The summed E-state index contributed by atoms with van der Waals surface area (Å²) in [6.45, 7) is 1.98. The molecule has 0 bridgehead atoms. The summed E-state index contributed by atoms with van der Waals surface area (Å²) in [5.74, 6) is 0. The van der Waals surface area contributed by atoms with Crippen LogP contribution in [0.5, 0.6) is 0 Å². The molecule has 106 valence electrons. The quantitative estimate of drug-likeness (QED) is 0.721. The average Bonchev–Trinajstić information content (AvgIpc) is 2.55. The highest BCUT2D eigenvalue weighted by Gasteiger charge is 2.12. The molecule has 0 N–H and O–H groups in total. The molecule has 0 amide bonds. The van der Waals surface area contributed by atoms with Gasteiger partial charge in [0.1, 0.15) is 11.6 Å². The molecule has 3 nitrogen and oxygen atoms in total. The van der Waals surface area contributed by atoms with Crippen LogP contribution in [0.15, 0.2) is 71.5 Å². The van der Waals surface area contributed by atoms with E-state index in [4.69, 9.17) is 5.26 Å². The largest absolute Gasteiger partial charge is 0.276 e. The average molecular weight is 286 g/mol. The first kappa shape index (κ1) is 13.8. The second kappa shape index (κ2) is 5.71. The number of benzene rings is 2. The van der Waals surface area contributed by atoms with Crippen molar-refractivity contribution in [2.75, 3.05) is 0 Å². The standard InChI is InChI=1S/C19H14N2O/c1-14-6-5-9-17(12-14)21-18(15-7-3-2-4-8-15)11-10-16(13-20)19(21)22/h2-12H,1H3. The van der Waals surface area contributed by atoms with Crippen molar-refractivity contribution < 1.29 is 0 Å². The molecule has 1 aromatic heterocycles. The first-order chi connectivity index (χ1) is 10.7. The van der Waals surface area contributed by atoms with Crippen molar-refractivity contribution >= 4 is 0 Å². The number of hydrogen-bond acceptors (Lipinski definition) is 2. The summed E-state index contributed by atoms with van der Waals surface area (Å²) in [7, 11) is 0. The molecule has 0 fully saturated rings. The molecule has 0 spiro atoms. The number of nitrogens with zero attached hydrogens (tertiary/aromatic N) is 2. The highest BCUT2D eigenvalue weighted by atomic mass is 16.1. The van der Waals surface area contributed by atoms with Crippen molar-refractivity contribution in [1.29, 1.82) is 5.26 Å². The lowest BCUT2D eigenvalue weighted by Crippen LogP contribution is -2.22. The van der Waals surface area contributed by atoms with Gasteiger partial charge in [0.05, 0.1) is 5.69 Å². The van der Waals surface area contributed by atoms with Crippen molar-refractivity contribution in [3.8, 4) is 23.0 Å². The Labute approximate surface area is 128 Å². The minimum atomic E-state index is -0.297. The van der Waals surface area contributed by atoms with Gasteiger partial charge in [0, 0.05) is 5.69 Å². The Bertz CT molecular complexity index is 918. The molecule has 3 rings (SSSR count). The summed E-state index contributed by atoms with van der Waals surface area (Å²) >= 11 is 0. The SMILES string of the molecule is Cc1cccc(-n2c(-c3ccccc3)ccc(C#N)c2=O)c1. The normalized spacial score (nSPS) is 10.2. The Morgan fingerprint density at radius 1 is 0.955 bits per heavy atom. The second-order valence-corrected chi connectivity index (χ2v) is 5.09. The van der Waals surface area contributed by atoms with Gasteiger partial charge in [-0.3, -0.25) is 9.36 Å². The first-order valence-corrected chi connectivity index (χ1v) is 6.99. The van der Waals surface area contributed by atoms with Crippen LogP contribution in [-0.4, -0.2) is 4.57 Å². The maximum Gasteiger partial charge on any atom is 0.273 e. The first-order valence-electron chi connectivity index (χ1n) is 6.99. The Kier molecular flexibility index (Phi) is 3.59. The zero-order chi connectivity index (χ0) is 15.5. The summed E-state index contributed by atoms with van der Waals surface area (Å²) in [4.78, 5) is 12.6. The summed E-state index contributed by atoms with van der Waals surface area (Å²) in [5.41, 5.74) is 3.38. The number of nitriles is 1. The van der Waals surface area contributed by atoms with Crippen LogP contribution in [0.25, 0.3) is 16.9 Å². The number of aryl methyl sites for hydroxylation is 1. The van der Waals surface area contributed by atoms with E-state index in [0.29, 0.717) is 0 Å².